The molecule has 3 aliphatic rings. The molecular weight excluding hydrogens is 256 g/mol. The molecule has 5 heteroatoms. The van der Waals surface area contributed by atoms with E-state index in [0.717, 1.165) is 32.1 Å². The van der Waals surface area contributed by atoms with Crippen LogP contribution >= 0.6 is 0 Å². The van der Waals surface area contributed by atoms with E-state index < -0.39 is 11.4 Å². The summed E-state index contributed by atoms with van der Waals surface area (Å²) in [5.74, 6) is -0.607. The smallest absolute Gasteiger partial charge is 0.277 e. The molecule has 0 aromatic rings. The zero-order valence-electron chi connectivity index (χ0n) is 11.8. The highest BCUT2D eigenvalue weighted by atomic mass is 16.2. The third-order valence-electron chi connectivity index (χ3n) is 5.15. The van der Waals surface area contributed by atoms with Crippen molar-refractivity contribution in [1.82, 2.24) is 10.2 Å². The molecule has 0 atom stereocenters. The Bertz CT molecular complexity index is 434. The molecule has 1 heterocycles. The van der Waals surface area contributed by atoms with Gasteiger partial charge in [0.15, 0.2) is 0 Å². The molecule has 1 aliphatic heterocycles. The van der Waals surface area contributed by atoms with Gasteiger partial charge in [-0.15, -0.1) is 0 Å². The van der Waals surface area contributed by atoms with Gasteiger partial charge in [-0.2, -0.15) is 0 Å². The van der Waals surface area contributed by atoms with E-state index in [-0.39, 0.29) is 17.9 Å². The molecule has 4 amide bonds. The summed E-state index contributed by atoms with van der Waals surface area (Å²) in [6.45, 7) is 0. The second-order valence-corrected chi connectivity index (χ2v) is 6.37. The van der Waals surface area contributed by atoms with Crippen LogP contribution in [0, 0.1) is 5.41 Å². The van der Waals surface area contributed by atoms with Crippen molar-refractivity contribution in [3.05, 3.63) is 0 Å². The first-order valence-electron chi connectivity index (χ1n) is 7.84. The van der Waals surface area contributed by atoms with Gasteiger partial charge < -0.3 is 0 Å². The Morgan fingerprint density at radius 2 is 1.50 bits per heavy atom. The first-order valence-corrected chi connectivity index (χ1v) is 7.84. The zero-order valence-corrected chi connectivity index (χ0v) is 11.8. The minimum atomic E-state index is -0.920. The van der Waals surface area contributed by atoms with Crippen LogP contribution < -0.4 is 5.32 Å². The molecule has 2 aliphatic carbocycles. The second-order valence-electron chi connectivity index (χ2n) is 6.37. The Morgan fingerprint density at radius 3 is 2.05 bits per heavy atom. The summed E-state index contributed by atoms with van der Waals surface area (Å²) in [6, 6.07) is -0.517. The molecule has 0 bridgehead atoms. The molecule has 0 radical (unpaired) electrons. The number of rotatable bonds is 1. The quantitative estimate of drug-likeness (QED) is 0.749. The molecule has 2 saturated carbocycles. The number of hydrogen-bond acceptors (Lipinski definition) is 3. The molecular formula is C15H22N2O3. The standard InChI is InChI=1S/C15H22N2O3/c18-12-15(9-6-10-15)13(19)17(14(20)16-12)11-7-4-2-1-3-5-8-11/h11H,1-10H2,(H,16,18,20). The van der Waals surface area contributed by atoms with Crippen molar-refractivity contribution in [3.8, 4) is 0 Å². The summed E-state index contributed by atoms with van der Waals surface area (Å²) in [5, 5.41) is 2.41. The molecule has 0 aromatic heterocycles. The average molecular weight is 278 g/mol. The van der Waals surface area contributed by atoms with E-state index in [2.05, 4.69) is 5.32 Å². The summed E-state index contributed by atoms with van der Waals surface area (Å²) < 4.78 is 0. The predicted molar refractivity (Wildman–Crippen MR) is 72.8 cm³/mol. The van der Waals surface area contributed by atoms with Crippen LogP contribution in [0.25, 0.3) is 0 Å². The summed E-state index contributed by atoms with van der Waals surface area (Å²) in [5.41, 5.74) is -0.920. The lowest BCUT2D eigenvalue weighted by Crippen LogP contribution is -2.68. The van der Waals surface area contributed by atoms with E-state index in [4.69, 9.17) is 0 Å². The van der Waals surface area contributed by atoms with Crippen LogP contribution in [0.15, 0.2) is 0 Å². The van der Waals surface area contributed by atoms with E-state index >= 15 is 0 Å². The van der Waals surface area contributed by atoms with E-state index in [1.165, 1.54) is 24.2 Å². The maximum absolute atomic E-state index is 12.7. The lowest BCUT2D eigenvalue weighted by atomic mass is 9.66. The number of amides is 4. The molecule has 110 valence electrons. The monoisotopic (exact) mass is 278 g/mol. The highest BCUT2D eigenvalue weighted by Crippen LogP contribution is 2.45. The maximum Gasteiger partial charge on any atom is 0.331 e. The number of urea groups is 1. The van der Waals surface area contributed by atoms with E-state index in [0.29, 0.717) is 12.8 Å². The van der Waals surface area contributed by atoms with Crippen LogP contribution in [-0.4, -0.2) is 28.8 Å². The van der Waals surface area contributed by atoms with Crippen LogP contribution in [0.1, 0.15) is 64.2 Å². The van der Waals surface area contributed by atoms with Gasteiger partial charge in [-0.25, -0.2) is 4.79 Å². The fourth-order valence-corrected chi connectivity index (χ4v) is 3.69. The zero-order chi connectivity index (χ0) is 14.2. The Morgan fingerprint density at radius 1 is 0.900 bits per heavy atom. The number of carbonyl (C=O) groups is 3. The van der Waals surface area contributed by atoms with Crippen molar-refractivity contribution < 1.29 is 14.4 Å². The van der Waals surface area contributed by atoms with Crippen LogP contribution in [0.4, 0.5) is 4.79 Å². The first-order chi connectivity index (χ1) is 9.65. The predicted octanol–water partition coefficient (Wildman–Crippen LogP) is 2.35. The second kappa shape index (κ2) is 5.19. The van der Waals surface area contributed by atoms with Crippen LogP contribution in [0.2, 0.25) is 0 Å². The van der Waals surface area contributed by atoms with E-state index in [1.54, 1.807) is 0 Å². The first kappa shape index (κ1) is 13.6. The molecule has 1 spiro atoms. The van der Waals surface area contributed by atoms with Crippen molar-refractivity contribution in [2.45, 2.75) is 70.3 Å². The summed E-state index contributed by atoms with van der Waals surface area (Å²) in [6.07, 6.45) is 9.54. The van der Waals surface area contributed by atoms with Gasteiger partial charge in [0.05, 0.1) is 0 Å². The van der Waals surface area contributed by atoms with Crippen molar-refractivity contribution in [3.63, 3.8) is 0 Å². The number of barbiturate groups is 1. The van der Waals surface area contributed by atoms with Crippen molar-refractivity contribution in [1.29, 1.82) is 0 Å². The number of hydrogen-bond donors (Lipinski definition) is 1. The van der Waals surface area contributed by atoms with Gasteiger partial charge in [0.1, 0.15) is 5.41 Å². The van der Waals surface area contributed by atoms with Crippen molar-refractivity contribution >= 4 is 17.8 Å². The Hall–Kier alpha value is -1.39. The minimum absolute atomic E-state index is 0.0200. The Labute approximate surface area is 119 Å². The highest BCUT2D eigenvalue weighted by Gasteiger charge is 2.58. The largest absolute Gasteiger partial charge is 0.331 e. The normalized spacial score (nSPS) is 27.8. The number of imide groups is 2. The lowest BCUT2D eigenvalue weighted by Gasteiger charge is -2.47. The van der Waals surface area contributed by atoms with Crippen molar-refractivity contribution in [2.75, 3.05) is 0 Å². The minimum Gasteiger partial charge on any atom is -0.277 e. The molecule has 0 unspecified atom stereocenters. The third kappa shape index (κ3) is 2.03. The average Bonchev–Trinajstić information content (AvgIpc) is 2.29. The van der Waals surface area contributed by atoms with Gasteiger partial charge in [0.2, 0.25) is 11.8 Å². The summed E-state index contributed by atoms with van der Waals surface area (Å²) in [4.78, 5) is 38.2. The molecule has 0 aromatic carbocycles. The molecule has 5 nitrogen and oxygen atoms in total. The van der Waals surface area contributed by atoms with Gasteiger partial charge in [-0.3, -0.25) is 19.8 Å². The molecule has 1 N–H and O–H groups in total. The van der Waals surface area contributed by atoms with Gasteiger partial charge in [-0.1, -0.05) is 38.5 Å². The SMILES string of the molecule is O=C1NC(=O)C2(CCC2)C(=O)N1C1CCCCCCC1. The third-order valence-corrected chi connectivity index (χ3v) is 5.15. The number of nitrogens with one attached hydrogen (secondary N) is 1. The molecule has 3 rings (SSSR count). The van der Waals surface area contributed by atoms with Gasteiger partial charge in [0.25, 0.3) is 0 Å². The number of carbonyl (C=O) groups excluding carboxylic acids is 3. The fraction of sp³-hybridized carbons (Fsp3) is 0.800. The lowest BCUT2D eigenvalue weighted by molar-refractivity contribution is -0.159. The maximum atomic E-state index is 12.7. The Kier molecular flexibility index (Phi) is 3.52. The van der Waals surface area contributed by atoms with E-state index in [9.17, 15) is 14.4 Å². The fourth-order valence-electron chi connectivity index (χ4n) is 3.69. The van der Waals surface area contributed by atoms with E-state index in [1.807, 2.05) is 0 Å². The highest BCUT2D eigenvalue weighted by molar-refractivity contribution is 6.19. The van der Waals surface area contributed by atoms with Crippen LogP contribution in [0.5, 0.6) is 0 Å². The van der Waals surface area contributed by atoms with Crippen molar-refractivity contribution in [2.24, 2.45) is 5.41 Å². The summed E-state index contributed by atoms with van der Waals surface area (Å²) in [7, 11) is 0. The molecule has 20 heavy (non-hydrogen) atoms. The number of nitrogens with zero attached hydrogens (tertiary/aromatic N) is 1. The Balaban J connectivity index is 1.81. The van der Waals surface area contributed by atoms with Gasteiger partial charge >= 0.3 is 6.03 Å². The van der Waals surface area contributed by atoms with Crippen LogP contribution in [0.3, 0.4) is 0 Å². The summed E-state index contributed by atoms with van der Waals surface area (Å²) >= 11 is 0. The van der Waals surface area contributed by atoms with Gasteiger partial charge in [0, 0.05) is 6.04 Å². The van der Waals surface area contributed by atoms with Gasteiger partial charge in [-0.05, 0) is 25.7 Å². The topological polar surface area (TPSA) is 66.5 Å². The molecule has 1 saturated heterocycles. The van der Waals surface area contributed by atoms with Crippen LogP contribution in [-0.2, 0) is 9.59 Å². The molecule has 3 fully saturated rings.